The summed E-state index contributed by atoms with van der Waals surface area (Å²) in [6, 6.07) is -0.0211. The maximum Gasteiger partial charge on any atom is 0.327 e. The van der Waals surface area contributed by atoms with Crippen molar-refractivity contribution in [2.24, 2.45) is 11.8 Å². The molecule has 1 aliphatic carbocycles. The van der Waals surface area contributed by atoms with Crippen LogP contribution in [0.25, 0.3) is 0 Å². The van der Waals surface area contributed by atoms with Gasteiger partial charge in [0, 0.05) is 5.92 Å². The molecule has 0 aromatic carbocycles. The van der Waals surface area contributed by atoms with Gasteiger partial charge in [0.25, 0.3) is 0 Å². The zero-order valence-electron chi connectivity index (χ0n) is 11.8. The lowest BCUT2D eigenvalue weighted by molar-refractivity contribution is -0.159. The molecule has 0 aromatic heterocycles. The average molecular weight is 320 g/mol. The van der Waals surface area contributed by atoms with Crippen LogP contribution < -0.4 is 5.48 Å². The molecule has 1 atom stereocenters. The highest BCUT2D eigenvalue weighted by Gasteiger charge is 2.30. The molecule has 0 unspecified atom stereocenters. The average Bonchev–Trinajstić information content (AvgIpc) is 2.47. The molecule has 0 aliphatic heterocycles. The summed E-state index contributed by atoms with van der Waals surface area (Å²) in [7, 11) is 0. The van der Waals surface area contributed by atoms with Gasteiger partial charge in [0.1, 0.15) is 0 Å². The predicted octanol–water partition coefficient (Wildman–Crippen LogP) is 2.91. The highest BCUT2D eigenvalue weighted by molar-refractivity contribution is 7.98. The van der Waals surface area contributed by atoms with Crippen LogP contribution in [0.2, 0.25) is 0 Å². The van der Waals surface area contributed by atoms with Gasteiger partial charge in [-0.25, -0.2) is 0 Å². The third-order valence-corrected chi connectivity index (χ3v) is 4.56. The minimum atomic E-state index is -0.293. The number of hydroxylamine groups is 1. The van der Waals surface area contributed by atoms with Crippen LogP contribution in [0, 0.1) is 11.8 Å². The lowest BCUT2D eigenvalue weighted by Gasteiger charge is -2.25. The van der Waals surface area contributed by atoms with Crippen LogP contribution in [-0.4, -0.2) is 29.3 Å². The van der Waals surface area contributed by atoms with Gasteiger partial charge in [-0.3, -0.25) is 9.59 Å². The van der Waals surface area contributed by atoms with E-state index in [4.69, 9.17) is 16.4 Å². The smallest absolute Gasteiger partial charge is 0.327 e. The second-order valence-electron chi connectivity index (χ2n) is 5.02. The fourth-order valence-corrected chi connectivity index (χ4v) is 2.95. The molecule has 1 fully saturated rings. The standard InChI is InChI=1S/C14H22ClNO3S/c1-3-12(8-9-20-2)16-19-14(18)11-6-4-10(5-7-11)13(15)17/h3,10-12,16H,1,4-9H2,2H3/t10?,11?,12-/m1/s1. The van der Waals surface area contributed by atoms with Crippen LogP contribution in [0.1, 0.15) is 32.1 Å². The van der Waals surface area contributed by atoms with E-state index in [2.05, 4.69) is 12.1 Å². The first-order valence-electron chi connectivity index (χ1n) is 6.85. The maximum atomic E-state index is 11.9. The van der Waals surface area contributed by atoms with Crippen LogP contribution in [0.15, 0.2) is 12.7 Å². The number of nitrogens with one attached hydrogen (secondary N) is 1. The first-order valence-corrected chi connectivity index (χ1v) is 8.62. The van der Waals surface area contributed by atoms with Crippen molar-refractivity contribution in [3.63, 3.8) is 0 Å². The van der Waals surface area contributed by atoms with E-state index in [1.54, 1.807) is 17.8 Å². The Kier molecular flexibility index (Phi) is 8.26. The fraction of sp³-hybridized carbons (Fsp3) is 0.714. The lowest BCUT2D eigenvalue weighted by Crippen LogP contribution is -2.34. The number of rotatable bonds is 8. The SMILES string of the molecule is C=C[C@H](CCSC)NOC(=O)C1CCC(C(=O)Cl)CC1. The molecule has 114 valence electrons. The Morgan fingerprint density at radius 2 is 2.00 bits per heavy atom. The van der Waals surface area contributed by atoms with E-state index >= 15 is 0 Å². The number of thioether (sulfide) groups is 1. The van der Waals surface area contributed by atoms with Crippen LogP contribution in [0.5, 0.6) is 0 Å². The van der Waals surface area contributed by atoms with Crippen LogP contribution >= 0.6 is 23.4 Å². The largest absolute Gasteiger partial charge is 0.370 e. The second-order valence-corrected chi connectivity index (χ2v) is 6.37. The zero-order chi connectivity index (χ0) is 15.0. The second kappa shape index (κ2) is 9.42. The van der Waals surface area contributed by atoms with E-state index in [1.165, 1.54) is 0 Å². The molecule has 0 radical (unpaired) electrons. The fourth-order valence-electron chi connectivity index (χ4n) is 2.24. The molecule has 20 heavy (non-hydrogen) atoms. The van der Waals surface area contributed by atoms with Gasteiger partial charge in [0.15, 0.2) is 0 Å². The molecule has 1 saturated carbocycles. The van der Waals surface area contributed by atoms with Crippen molar-refractivity contribution in [1.82, 2.24) is 5.48 Å². The molecule has 4 nitrogen and oxygen atoms in total. The summed E-state index contributed by atoms with van der Waals surface area (Å²) >= 11 is 7.21. The summed E-state index contributed by atoms with van der Waals surface area (Å²) in [6.07, 6.45) is 7.29. The minimum absolute atomic E-state index is 0.0211. The van der Waals surface area contributed by atoms with E-state index in [9.17, 15) is 9.59 Å². The summed E-state index contributed by atoms with van der Waals surface area (Å²) in [4.78, 5) is 28.1. The van der Waals surface area contributed by atoms with Crippen molar-refractivity contribution in [2.75, 3.05) is 12.0 Å². The van der Waals surface area contributed by atoms with Crippen LogP contribution in [0.3, 0.4) is 0 Å². The first kappa shape index (κ1) is 17.5. The van der Waals surface area contributed by atoms with E-state index in [-0.39, 0.29) is 29.1 Å². The number of carbonyl (C=O) groups excluding carboxylic acids is 2. The van der Waals surface area contributed by atoms with Gasteiger partial charge in [-0.15, -0.1) is 12.1 Å². The Labute approximate surface area is 129 Å². The van der Waals surface area contributed by atoms with Crippen molar-refractivity contribution in [3.05, 3.63) is 12.7 Å². The first-order chi connectivity index (χ1) is 9.58. The summed E-state index contributed by atoms with van der Waals surface area (Å²) in [5.74, 6) is 0.489. The van der Waals surface area contributed by atoms with Crippen molar-refractivity contribution in [3.8, 4) is 0 Å². The van der Waals surface area contributed by atoms with Gasteiger partial charge >= 0.3 is 5.97 Å². The monoisotopic (exact) mass is 319 g/mol. The van der Waals surface area contributed by atoms with Gasteiger partial charge in [-0.2, -0.15) is 11.8 Å². The molecule has 0 amide bonds. The Hall–Kier alpha value is -0.520. The molecule has 0 heterocycles. The summed E-state index contributed by atoms with van der Waals surface area (Å²) < 4.78 is 0. The molecule has 1 aliphatic rings. The molecule has 0 aromatic rings. The van der Waals surface area contributed by atoms with Crippen LogP contribution in [0.4, 0.5) is 0 Å². The minimum Gasteiger partial charge on any atom is -0.370 e. The molecular formula is C14H22ClNO3S. The number of halogens is 1. The van der Waals surface area contributed by atoms with Crippen LogP contribution in [-0.2, 0) is 14.4 Å². The van der Waals surface area contributed by atoms with E-state index in [1.807, 2.05) is 6.26 Å². The molecule has 0 bridgehead atoms. The number of hydrogen-bond donors (Lipinski definition) is 1. The Bertz CT molecular complexity index is 343. The topological polar surface area (TPSA) is 55.4 Å². The van der Waals surface area contributed by atoms with E-state index in [0.29, 0.717) is 25.7 Å². The van der Waals surface area contributed by atoms with E-state index < -0.39 is 0 Å². The summed E-state index contributed by atoms with van der Waals surface area (Å²) in [5, 5.41) is -0.293. The Balaban J connectivity index is 2.29. The molecular weight excluding hydrogens is 298 g/mol. The zero-order valence-corrected chi connectivity index (χ0v) is 13.3. The van der Waals surface area contributed by atoms with Gasteiger partial charge in [-0.05, 0) is 55.7 Å². The Morgan fingerprint density at radius 1 is 1.40 bits per heavy atom. The molecule has 0 spiro atoms. The number of hydrogen-bond acceptors (Lipinski definition) is 5. The summed E-state index contributed by atoms with van der Waals surface area (Å²) in [5.41, 5.74) is 2.76. The van der Waals surface area contributed by atoms with Crippen molar-refractivity contribution in [1.29, 1.82) is 0 Å². The third kappa shape index (κ3) is 5.85. The predicted molar refractivity (Wildman–Crippen MR) is 82.5 cm³/mol. The molecule has 1 N–H and O–H groups in total. The normalized spacial score (nSPS) is 23.9. The van der Waals surface area contributed by atoms with Gasteiger partial charge < -0.3 is 4.84 Å². The third-order valence-electron chi connectivity index (χ3n) is 3.61. The maximum absolute atomic E-state index is 11.9. The van der Waals surface area contributed by atoms with Crippen molar-refractivity contribution in [2.45, 2.75) is 38.1 Å². The van der Waals surface area contributed by atoms with Crippen molar-refractivity contribution < 1.29 is 14.4 Å². The van der Waals surface area contributed by atoms with Gasteiger partial charge in [0.05, 0.1) is 12.0 Å². The molecule has 0 saturated heterocycles. The molecule has 1 rings (SSSR count). The Morgan fingerprint density at radius 3 is 2.50 bits per heavy atom. The van der Waals surface area contributed by atoms with Gasteiger partial charge in [-0.1, -0.05) is 6.08 Å². The number of carbonyl (C=O) groups is 2. The quantitative estimate of drug-likeness (QED) is 0.423. The highest BCUT2D eigenvalue weighted by Crippen LogP contribution is 2.30. The molecule has 6 heteroatoms. The van der Waals surface area contributed by atoms with E-state index in [0.717, 1.165) is 12.2 Å². The lowest BCUT2D eigenvalue weighted by atomic mass is 9.83. The summed E-state index contributed by atoms with van der Waals surface area (Å²) in [6.45, 7) is 3.72. The van der Waals surface area contributed by atoms with Gasteiger partial charge in [0.2, 0.25) is 5.24 Å². The highest BCUT2D eigenvalue weighted by atomic mass is 35.5. The van der Waals surface area contributed by atoms with Crippen molar-refractivity contribution >= 4 is 34.6 Å².